The molecule has 1 unspecified atom stereocenters. The first-order valence-electron chi connectivity index (χ1n) is 12.0. The van der Waals surface area contributed by atoms with Crippen molar-refractivity contribution in [3.63, 3.8) is 0 Å². The fraction of sp³-hybridized carbons (Fsp3) is 0.500. The van der Waals surface area contributed by atoms with Gasteiger partial charge in [-0.15, -0.1) is 11.3 Å². The molecule has 3 N–H and O–H groups in total. The molecule has 0 bridgehead atoms. The van der Waals surface area contributed by atoms with Gasteiger partial charge in [0.15, 0.2) is 0 Å². The fourth-order valence-corrected chi connectivity index (χ4v) is 8.66. The Morgan fingerprint density at radius 3 is 2.64 bits per heavy atom. The van der Waals surface area contributed by atoms with Crippen LogP contribution in [0.3, 0.4) is 0 Å². The first-order chi connectivity index (χ1) is 17.2. The maximum Gasteiger partial charge on any atom is 0.341 e. The predicted molar refractivity (Wildman–Crippen MR) is 142 cm³/mol. The Morgan fingerprint density at radius 1 is 1.19 bits per heavy atom. The molecule has 1 aliphatic carbocycles. The van der Waals surface area contributed by atoms with Crippen LogP contribution < -0.4 is 16.0 Å². The van der Waals surface area contributed by atoms with Gasteiger partial charge in [0.1, 0.15) is 10.4 Å². The molecule has 0 spiro atoms. The molecule has 2 amide bonds. The van der Waals surface area contributed by atoms with Crippen LogP contribution in [0.2, 0.25) is 10.0 Å². The van der Waals surface area contributed by atoms with Crippen molar-refractivity contribution in [2.75, 3.05) is 25.0 Å². The van der Waals surface area contributed by atoms with Gasteiger partial charge in [-0.05, 0) is 88.2 Å². The molecule has 1 atom stereocenters. The quantitative estimate of drug-likeness (QED) is 0.400. The van der Waals surface area contributed by atoms with Crippen molar-refractivity contribution >= 4 is 61.4 Å². The van der Waals surface area contributed by atoms with Crippen LogP contribution in [0, 0.1) is 5.92 Å². The maximum absolute atomic E-state index is 13.7. The lowest BCUT2D eigenvalue weighted by Crippen LogP contribution is -2.50. The second-order valence-corrected chi connectivity index (χ2v) is 12.8. The summed E-state index contributed by atoms with van der Waals surface area (Å²) in [5.41, 5.74) is 1.28. The third kappa shape index (κ3) is 5.83. The van der Waals surface area contributed by atoms with E-state index in [0.717, 1.165) is 36.1 Å². The molecule has 2 heterocycles. The number of piperidine rings is 1. The predicted octanol–water partition coefficient (Wildman–Crippen LogP) is 5.03. The van der Waals surface area contributed by atoms with Gasteiger partial charge in [-0.1, -0.05) is 23.2 Å². The number of halogens is 2. The van der Waals surface area contributed by atoms with E-state index in [1.165, 1.54) is 29.5 Å². The summed E-state index contributed by atoms with van der Waals surface area (Å²) >= 11 is 13.7. The van der Waals surface area contributed by atoms with Gasteiger partial charge >= 0.3 is 12.0 Å². The molecule has 4 rings (SSSR count). The van der Waals surface area contributed by atoms with E-state index >= 15 is 0 Å². The number of aryl methyl sites for hydroxylation is 1. The summed E-state index contributed by atoms with van der Waals surface area (Å²) < 4.78 is 32.7. The number of fused-ring (bicyclic) bond motifs is 1. The summed E-state index contributed by atoms with van der Waals surface area (Å²) in [6.07, 6.45) is 4.65. The molecule has 2 aromatic rings. The molecule has 1 saturated heterocycles. The van der Waals surface area contributed by atoms with Gasteiger partial charge in [0.05, 0.1) is 22.1 Å². The molecule has 12 heteroatoms. The third-order valence-electron chi connectivity index (χ3n) is 6.50. The second kappa shape index (κ2) is 11.7. The van der Waals surface area contributed by atoms with Crippen molar-refractivity contribution < 1.29 is 22.7 Å². The number of carbonyl (C=O) groups is 2. The minimum Gasteiger partial charge on any atom is -0.462 e. The van der Waals surface area contributed by atoms with E-state index < -0.39 is 27.2 Å². The Kier molecular flexibility index (Phi) is 8.83. The molecule has 0 saturated carbocycles. The number of urea groups is 1. The Hall–Kier alpha value is -1.85. The standard InChI is InChI=1S/C24H29Cl2N3O5S2/c1-2-34-23(30)20-16-5-3-4-6-18(16)35-21(20)28-24(31)29-22(14-9-11-27-12-10-14)36(32,33)19-13-15(25)7-8-17(19)26/h7-8,13-14,22,27H,2-6,9-12H2,1H3,(H2,28,29,31). The SMILES string of the molecule is CCOC(=O)c1c(NC(=O)NC(C2CCNCC2)S(=O)(=O)c2cc(Cl)ccc2Cl)sc2c1CCCC2. The summed E-state index contributed by atoms with van der Waals surface area (Å²) in [4.78, 5) is 26.9. The van der Waals surface area contributed by atoms with Crippen molar-refractivity contribution in [1.82, 2.24) is 10.6 Å². The van der Waals surface area contributed by atoms with Crippen LogP contribution in [0.15, 0.2) is 23.1 Å². The Labute approximate surface area is 225 Å². The normalized spacial score (nSPS) is 17.2. The third-order valence-corrected chi connectivity index (χ3v) is 10.5. The van der Waals surface area contributed by atoms with Crippen LogP contribution in [0.5, 0.6) is 0 Å². The zero-order valence-electron chi connectivity index (χ0n) is 19.9. The zero-order valence-corrected chi connectivity index (χ0v) is 23.0. The van der Waals surface area contributed by atoms with Crippen LogP contribution in [0.25, 0.3) is 0 Å². The number of sulfone groups is 1. The highest BCUT2D eigenvalue weighted by Gasteiger charge is 2.38. The van der Waals surface area contributed by atoms with E-state index in [-0.39, 0.29) is 27.5 Å². The van der Waals surface area contributed by atoms with Gasteiger partial charge in [0.25, 0.3) is 0 Å². The van der Waals surface area contributed by atoms with Gasteiger partial charge in [-0.25, -0.2) is 18.0 Å². The molecule has 196 valence electrons. The molecule has 1 aromatic carbocycles. The molecule has 1 fully saturated rings. The average molecular weight is 575 g/mol. The van der Waals surface area contributed by atoms with Crippen molar-refractivity contribution in [3.8, 4) is 0 Å². The lowest BCUT2D eigenvalue weighted by Gasteiger charge is -2.31. The van der Waals surface area contributed by atoms with E-state index in [1.54, 1.807) is 6.92 Å². The molecular formula is C24H29Cl2N3O5S2. The second-order valence-electron chi connectivity index (χ2n) is 8.86. The Morgan fingerprint density at radius 2 is 1.92 bits per heavy atom. The van der Waals surface area contributed by atoms with Gasteiger partial charge in [-0.3, -0.25) is 5.32 Å². The number of amides is 2. The fourth-order valence-electron chi connectivity index (χ4n) is 4.77. The minimum absolute atomic E-state index is 0.0380. The van der Waals surface area contributed by atoms with Gasteiger partial charge in [0.2, 0.25) is 9.84 Å². The van der Waals surface area contributed by atoms with Crippen molar-refractivity contribution in [2.24, 2.45) is 5.92 Å². The van der Waals surface area contributed by atoms with Crippen LogP contribution in [0.1, 0.15) is 53.4 Å². The highest BCUT2D eigenvalue weighted by molar-refractivity contribution is 7.92. The maximum atomic E-state index is 13.7. The van der Waals surface area contributed by atoms with E-state index in [9.17, 15) is 18.0 Å². The summed E-state index contributed by atoms with van der Waals surface area (Å²) in [6, 6.07) is 3.54. The van der Waals surface area contributed by atoms with E-state index in [0.29, 0.717) is 36.5 Å². The zero-order chi connectivity index (χ0) is 25.9. The molecular weight excluding hydrogens is 545 g/mol. The monoisotopic (exact) mass is 573 g/mol. The molecule has 1 aromatic heterocycles. The summed E-state index contributed by atoms with van der Waals surface area (Å²) in [5.74, 6) is -0.821. The van der Waals surface area contributed by atoms with E-state index in [4.69, 9.17) is 27.9 Å². The number of rotatable bonds is 7. The number of esters is 1. The molecule has 2 aliphatic rings. The number of hydrogen-bond acceptors (Lipinski definition) is 7. The highest BCUT2D eigenvalue weighted by atomic mass is 35.5. The van der Waals surface area contributed by atoms with Crippen molar-refractivity contribution in [1.29, 1.82) is 0 Å². The lowest BCUT2D eigenvalue weighted by atomic mass is 9.95. The Bertz CT molecular complexity index is 1240. The lowest BCUT2D eigenvalue weighted by molar-refractivity contribution is 0.0526. The largest absolute Gasteiger partial charge is 0.462 e. The number of hydrogen-bond donors (Lipinski definition) is 3. The number of thiophene rings is 1. The van der Waals surface area contributed by atoms with Gasteiger partial charge in [0, 0.05) is 9.90 Å². The number of nitrogens with one attached hydrogen (secondary N) is 3. The minimum atomic E-state index is -4.08. The number of ether oxygens (including phenoxy) is 1. The smallest absolute Gasteiger partial charge is 0.341 e. The van der Waals surface area contributed by atoms with Crippen LogP contribution in [-0.2, 0) is 27.4 Å². The topological polar surface area (TPSA) is 114 Å². The van der Waals surface area contributed by atoms with Crippen LogP contribution >= 0.6 is 34.5 Å². The molecule has 1 aliphatic heterocycles. The number of benzene rings is 1. The van der Waals surface area contributed by atoms with E-state index in [2.05, 4.69) is 16.0 Å². The molecule has 8 nitrogen and oxygen atoms in total. The van der Waals surface area contributed by atoms with E-state index in [1.807, 2.05) is 0 Å². The number of anilines is 1. The van der Waals surface area contributed by atoms with Crippen molar-refractivity contribution in [3.05, 3.63) is 44.2 Å². The van der Waals surface area contributed by atoms with Crippen molar-refractivity contribution in [2.45, 2.75) is 55.7 Å². The van der Waals surface area contributed by atoms with Crippen LogP contribution in [0.4, 0.5) is 9.80 Å². The molecule has 0 radical (unpaired) electrons. The van der Waals surface area contributed by atoms with Gasteiger partial charge < -0.3 is 15.4 Å². The first-order valence-corrected chi connectivity index (χ1v) is 15.1. The van der Waals surface area contributed by atoms with Crippen LogP contribution in [-0.4, -0.2) is 45.5 Å². The number of carbonyl (C=O) groups excluding carboxylic acids is 2. The molecule has 36 heavy (non-hydrogen) atoms. The van der Waals surface area contributed by atoms with Gasteiger partial charge in [-0.2, -0.15) is 0 Å². The Balaban J connectivity index is 1.64. The summed E-state index contributed by atoms with van der Waals surface area (Å²) in [6.45, 7) is 3.21. The highest BCUT2D eigenvalue weighted by Crippen LogP contribution is 2.39. The summed E-state index contributed by atoms with van der Waals surface area (Å²) in [7, 11) is -4.08. The average Bonchev–Trinajstić information content (AvgIpc) is 3.22. The summed E-state index contributed by atoms with van der Waals surface area (Å²) in [5, 5.41) is 8.07. The first kappa shape index (κ1) is 27.2.